The molecule has 0 bridgehead atoms. The van der Waals surface area contributed by atoms with E-state index in [1.54, 1.807) is 11.3 Å². The average molecular weight is 391 g/mol. The van der Waals surface area contributed by atoms with Crippen LogP contribution in [0.5, 0.6) is 0 Å². The summed E-state index contributed by atoms with van der Waals surface area (Å²) in [5.41, 5.74) is 4.60. The van der Waals surface area contributed by atoms with Gasteiger partial charge in [0.05, 0.1) is 0 Å². The Labute approximate surface area is 171 Å². The zero-order valence-electron chi connectivity index (χ0n) is 16.3. The first-order valence-electron chi connectivity index (χ1n) is 9.86. The minimum Gasteiger partial charge on any atom is -0.336 e. The number of carbonyl (C=O) groups is 1. The Morgan fingerprint density at radius 1 is 0.929 bits per heavy atom. The van der Waals surface area contributed by atoms with Gasteiger partial charge >= 0.3 is 0 Å². The van der Waals surface area contributed by atoms with Gasteiger partial charge in [0, 0.05) is 49.6 Å². The summed E-state index contributed by atoms with van der Waals surface area (Å²) in [4.78, 5) is 18.9. The van der Waals surface area contributed by atoms with Gasteiger partial charge in [-0.25, -0.2) is 0 Å². The van der Waals surface area contributed by atoms with Gasteiger partial charge in [-0.3, -0.25) is 9.69 Å². The molecule has 0 saturated carbocycles. The molecule has 0 aliphatic carbocycles. The first-order chi connectivity index (χ1) is 13.7. The normalized spacial score (nSPS) is 15.0. The van der Waals surface area contributed by atoms with Crippen LogP contribution in [0.1, 0.15) is 31.9 Å². The number of piperazine rings is 1. The van der Waals surface area contributed by atoms with Crippen molar-refractivity contribution in [3.8, 4) is 0 Å². The van der Waals surface area contributed by atoms with Gasteiger partial charge in [-0.1, -0.05) is 54.1 Å². The van der Waals surface area contributed by atoms with E-state index < -0.39 is 0 Å². The molecule has 28 heavy (non-hydrogen) atoms. The fraction of sp³-hybridized carbons (Fsp3) is 0.292. The molecule has 1 aliphatic rings. The van der Waals surface area contributed by atoms with Crippen molar-refractivity contribution in [2.45, 2.75) is 19.9 Å². The van der Waals surface area contributed by atoms with Crippen molar-refractivity contribution >= 4 is 17.2 Å². The van der Waals surface area contributed by atoms with Crippen LogP contribution >= 0.6 is 11.3 Å². The Kier molecular flexibility index (Phi) is 5.89. The van der Waals surface area contributed by atoms with Crippen LogP contribution in [0.3, 0.4) is 0 Å². The molecule has 144 valence electrons. The van der Waals surface area contributed by atoms with E-state index in [0.29, 0.717) is 0 Å². The van der Waals surface area contributed by atoms with Gasteiger partial charge in [-0.15, -0.1) is 11.3 Å². The van der Waals surface area contributed by atoms with Crippen molar-refractivity contribution in [2.24, 2.45) is 0 Å². The van der Waals surface area contributed by atoms with Crippen LogP contribution in [0.15, 0.2) is 66.0 Å². The summed E-state index contributed by atoms with van der Waals surface area (Å²) in [6.07, 6.45) is 0.826. The Hall–Kier alpha value is -2.43. The molecule has 1 fully saturated rings. The van der Waals surface area contributed by atoms with E-state index in [-0.39, 0.29) is 5.91 Å². The number of benzene rings is 2. The Morgan fingerprint density at radius 3 is 2.39 bits per heavy atom. The first-order valence-corrected chi connectivity index (χ1v) is 10.7. The molecule has 1 aromatic heterocycles. The predicted molar refractivity (Wildman–Crippen MR) is 116 cm³/mol. The highest BCUT2D eigenvalue weighted by Gasteiger charge is 2.23. The molecule has 0 N–H and O–H groups in total. The molecule has 0 unspecified atom stereocenters. The van der Waals surface area contributed by atoms with Gasteiger partial charge in [0.25, 0.3) is 5.91 Å². The molecule has 3 nitrogen and oxygen atoms in total. The number of carbonyl (C=O) groups excluding carboxylic acids is 1. The number of amides is 1. The monoisotopic (exact) mass is 390 g/mol. The summed E-state index contributed by atoms with van der Waals surface area (Å²) in [6.45, 7) is 6.50. The minimum atomic E-state index is 0.169. The smallest absolute Gasteiger partial charge is 0.254 e. The second-order valence-corrected chi connectivity index (χ2v) is 8.50. The quantitative estimate of drug-likeness (QED) is 0.635. The molecule has 1 saturated heterocycles. The van der Waals surface area contributed by atoms with E-state index in [9.17, 15) is 4.79 Å². The predicted octanol–water partition coefficient (Wildman–Crippen LogP) is 4.61. The van der Waals surface area contributed by atoms with Gasteiger partial charge < -0.3 is 4.90 Å². The third-order valence-corrected chi connectivity index (χ3v) is 6.26. The molecular formula is C24H26N2OS. The molecule has 1 aliphatic heterocycles. The number of nitrogens with zero attached hydrogens (tertiary/aromatic N) is 2. The van der Waals surface area contributed by atoms with Crippen LogP contribution in [0.4, 0.5) is 0 Å². The van der Waals surface area contributed by atoms with Gasteiger partial charge in [0.1, 0.15) is 0 Å². The van der Waals surface area contributed by atoms with E-state index in [1.807, 2.05) is 23.1 Å². The zero-order valence-corrected chi connectivity index (χ0v) is 17.1. The fourth-order valence-corrected chi connectivity index (χ4v) is 4.44. The van der Waals surface area contributed by atoms with Crippen LogP contribution in [0.2, 0.25) is 0 Å². The van der Waals surface area contributed by atoms with Crippen LogP contribution in [0, 0.1) is 6.92 Å². The second kappa shape index (κ2) is 8.72. The van der Waals surface area contributed by atoms with E-state index in [4.69, 9.17) is 0 Å². The fourth-order valence-electron chi connectivity index (χ4n) is 3.72. The lowest BCUT2D eigenvalue weighted by atomic mass is 10.0. The molecule has 0 radical (unpaired) electrons. The highest BCUT2D eigenvalue weighted by molar-refractivity contribution is 7.09. The van der Waals surface area contributed by atoms with E-state index in [1.165, 1.54) is 16.0 Å². The lowest BCUT2D eigenvalue weighted by Gasteiger charge is -2.35. The molecule has 2 heterocycles. The molecule has 0 atom stereocenters. The molecular weight excluding hydrogens is 364 g/mol. The van der Waals surface area contributed by atoms with Crippen LogP contribution < -0.4 is 0 Å². The molecule has 2 aromatic carbocycles. The summed E-state index contributed by atoms with van der Waals surface area (Å²) in [5, 5.41) is 2.09. The number of hydrogen-bond donors (Lipinski definition) is 0. The Morgan fingerprint density at radius 2 is 1.68 bits per heavy atom. The highest BCUT2D eigenvalue weighted by Crippen LogP contribution is 2.20. The minimum absolute atomic E-state index is 0.169. The summed E-state index contributed by atoms with van der Waals surface area (Å²) in [7, 11) is 0. The summed E-state index contributed by atoms with van der Waals surface area (Å²) >= 11 is 1.74. The van der Waals surface area contributed by atoms with E-state index in [2.05, 4.69) is 59.7 Å². The van der Waals surface area contributed by atoms with Crippen molar-refractivity contribution in [1.29, 1.82) is 0 Å². The summed E-state index contributed by atoms with van der Waals surface area (Å²) in [6, 6.07) is 21.0. The van der Waals surface area contributed by atoms with Crippen LogP contribution in [-0.2, 0) is 13.0 Å². The second-order valence-electron chi connectivity index (χ2n) is 7.47. The maximum absolute atomic E-state index is 13.2. The summed E-state index contributed by atoms with van der Waals surface area (Å²) in [5.74, 6) is 0.169. The Balaban J connectivity index is 1.38. The van der Waals surface area contributed by atoms with Crippen molar-refractivity contribution in [3.63, 3.8) is 0 Å². The van der Waals surface area contributed by atoms with Crippen LogP contribution in [-0.4, -0.2) is 41.9 Å². The maximum atomic E-state index is 13.2. The molecule has 3 aromatic rings. The molecule has 4 heteroatoms. The van der Waals surface area contributed by atoms with Gasteiger partial charge in [0.15, 0.2) is 0 Å². The largest absolute Gasteiger partial charge is 0.336 e. The molecule has 1 amide bonds. The number of rotatable bonds is 5. The first kappa shape index (κ1) is 18.9. The molecule has 4 rings (SSSR count). The van der Waals surface area contributed by atoms with Gasteiger partial charge in [-0.05, 0) is 35.6 Å². The molecule has 0 spiro atoms. The third kappa shape index (κ3) is 4.51. The Bertz CT molecular complexity index is 910. The van der Waals surface area contributed by atoms with E-state index >= 15 is 0 Å². The van der Waals surface area contributed by atoms with Crippen molar-refractivity contribution in [1.82, 2.24) is 9.80 Å². The van der Waals surface area contributed by atoms with Gasteiger partial charge in [-0.2, -0.15) is 0 Å². The third-order valence-electron chi connectivity index (χ3n) is 5.38. The van der Waals surface area contributed by atoms with Crippen molar-refractivity contribution < 1.29 is 4.79 Å². The van der Waals surface area contributed by atoms with Crippen molar-refractivity contribution in [2.75, 3.05) is 26.2 Å². The topological polar surface area (TPSA) is 23.6 Å². The lowest BCUT2D eigenvalue weighted by molar-refractivity contribution is 0.0627. The highest BCUT2D eigenvalue weighted by atomic mass is 32.1. The average Bonchev–Trinajstić information content (AvgIpc) is 3.23. The lowest BCUT2D eigenvalue weighted by Crippen LogP contribution is -2.48. The van der Waals surface area contributed by atoms with E-state index in [0.717, 1.165) is 50.3 Å². The van der Waals surface area contributed by atoms with Crippen LogP contribution in [0.25, 0.3) is 0 Å². The number of aryl methyl sites for hydroxylation is 1. The zero-order chi connectivity index (χ0) is 19.3. The van der Waals surface area contributed by atoms with Crippen molar-refractivity contribution in [3.05, 3.63) is 93.2 Å². The standard InChI is InChI=1S/C24H26N2OS/c1-19-8-10-20(11-9-19)18-25-12-14-26(15-13-25)24(27)23-7-3-2-5-21(23)17-22-6-4-16-28-22/h2-11,16H,12-15,17-18H2,1H3. The number of hydrogen-bond acceptors (Lipinski definition) is 3. The summed E-state index contributed by atoms with van der Waals surface area (Å²) < 4.78 is 0. The number of thiophene rings is 1. The van der Waals surface area contributed by atoms with Gasteiger partial charge in [0.2, 0.25) is 0 Å². The maximum Gasteiger partial charge on any atom is 0.254 e. The SMILES string of the molecule is Cc1ccc(CN2CCN(C(=O)c3ccccc3Cc3cccs3)CC2)cc1.